The number of benzene rings is 2. The number of fused-ring (bicyclic) bond motifs is 1. The minimum Gasteiger partial charge on any atom is -0.383 e. The predicted octanol–water partition coefficient (Wildman–Crippen LogP) is 5.63. The molecular weight excluding hydrogens is 535 g/mol. The van der Waals surface area contributed by atoms with Gasteiger partial charge in [0, 0.05) is 40.6 Å². The zero-order valence-electron chi connectivity index (χ0n) is 22.6. The Morgan fingerprint density at radius 1 is 1.23 bits per heavy atom. The summed E-state index contributed by atoms with van der Waals surface area (Å²) in [6.07, 6.45) is 5.59. The van der Waals surface area contributed by atoms with E-state index < -0.39 is 11.3 Å². The highest BCUT2D eigenvalue weighted by Crippen LogP contribution is 2.44. The maximum atomic E-state index is 15.5. The van der Waals surface area contributed by atoms with Crippen LogP contribution in [0, 0.1) is 22.6 Å². The summed E-state index contributed by atoms with van der Waals surface area (Å²) in [7, 11) is 1.87. The minimum atomic E-state index is -1.12. The molecule has 1 aromatic heterocycles. The van der Waals surface area contributed by atoms with Crippen LogP contribution in [0.2, 0.25) is 10.0 Å². The molecule has 1 aliphatic carbocycles. The normalized spacial score (nSPS) is 17.7. The summed E-state index contributed by atoms with van der Waals surface area (Å²) < 4.78 is 15.5. The number of hydrazine groups is 2. The van der Waals surface area contributed by atoms with Crippen LogP contribution in [0.15, 0.2) is 48.4 Å². The van der Waals surface area contributed by atoms with Crippen molar-refractivity contribution in [3.63, 3.8) is 0 Å². The van der Waals surface area contributed by atoms with Gasteiger partial charge in [-0.3, -0.25) is 9.99 Å². The molecule has 2 aromatic carbocycles. The summed E-state index contributed by atoms with van der Waals surface area (Å²) in [5, 5.41) is 20.2. The third-order valence-corrected chi connectivity index (χ3v) is 7.96. The Labute approximate surface area is 239 Å². The number of nitrogens with one attached hydrogen (secondary N) is 4. The van der Waals surface area contributed by atoms with Gasteiger partial charge in [-0.2, -0.15) is 5.26 Å². The van der Waals surface area contributed by atoms with Crippen molar-refractivity contribution in [3.05, 3.63) is 75.4 Å². The molecule has 39 heavy (non-hydrogen) atoms. The minimum absolute atomic E-state index is 0.00602. The molecule has 3 aromatic rings. The van der Waals surface area contributed by atoms with E-state index in [0.29, 0.717) is 50.7 Å². The number of anilines is 2. The van der Waals surface area contributed by atoms with E-state index in [2.05, 4.69) is 60.3 Å². The van der Waals surface area contributed by atoms with Gasteiger partial charge in [-0.05, 0) is 49.4 Å². The monoisotopic (exact) mass is 565 g/mol. The zero-order chi connectivity index (χ0) is 28.2. The van der Waals surface area contributed by atoms with Crippen molar-refractivity contribution < 1.29 is 4.39 Å². The molecule has 0 saturated heterocycles. The van der Waals surface area contributed by atoms with Gasteiger partial charge in [0.1, 0.15) is 19.7 Å². The average Bonchev–Trinajstić information content (AvgIpc) is 3.39. The number of rotatable bonds is 7. The molecule has 1 saturated carbocycles. The van der Waals surface area contributed by atoms with Crippen LogP contribution in [0.1, 0.15) is 51.7 Å². The molecule has 1 fully saturated rings. The van der Waals surface area contributed by atoms with Gasteiger partial charge in [-0.15, -0.1) is 5.53 Å². The van der Waals surface area contributed by atoms with E-state index in [0.717, 1.165) is 12.8 Å². The quantitative estimate of drug-likeness (QED) is 0.276. The van der Waals surface area contributed by atoms with Crippen molar-refractivity contribution in [2.24, 2.45) is 5.41 Å². The first-order valence-corrected chi connectivity index (χ1v) is 13.6. The van der Waals surface area contributed by atoms with Gasteiger partial charge in [0.15, 0.2) is 0 Å². The Morgan fingerprint density at radius 2 is 1.97 bits per heavy atom. The van der Waals surface area contributed by atoms with E-state index in [4.69, 9.17) is 23.2 Å². The van der Waals surface area contributed by atoms with Crippen molar-refractivity contribution >= 4 is 53.3 Å². The summed E-state index contributed by atoms with van der Waals surface area (Å²) in [5.74, 6) is -0.441. The lowest BCUT2D eigenvalue weighted by atomic mass is 9.69. The predicted molar refractivity (Wildman–Crippen MR) is 158 cm³/mol. The first-order valence-electron chi connectivity index (χ1n) is 12.9. The second-order valence-electron chi connectivity index (χ2n) is 11.9. The molecule has 0 spiro atoms. The van der Waals surface area contributed by atoms with Crippen LogP contribution in [0.5, 0.6) is 0 Å². The van der Waals surface area contributed by atoms with E-state index in [1.165, 1.54) is 12.3 Å². The lowest BCUT2D eigenvalue weighted by Gasteiger charge is -2.35. The summed E-state index contributed by atoms with van der Waals surface area (Å²) in [4.78, 5) is 4.46. The van der Waals surface area contributed by atoms with Crippen molar-refractivity contribution in [2.45, 2.75) is 51.5 Å². The van der Waals surface area contributed by atoms with Crippen molar-refractivity contribution in [2.75, 3.05) is 17.2 Å². The molecule has 1 unspecified atom stereocenters. The summed E-state index contributed by atoms with van der Waals surface area (Å²) in [6, 6.07) is 10.5. The van der Waals surface area contributed by atoms with Crippen LogP contribution < -0.4 is 21.6 Å². The Kier molecular flexibility index (Phi) is 6.86. The number of pyridine rings is 1. The number of hydrogen-bond acceptors (Lipinski definition) is 7. The number of nitrogens with zero attached hydrogens (tertiary/aromatic N) is 3. The maximum Gasteiger partial charge on any atom is 0.148 e. The lowest BCUT2D eigenvalue weighted by molar-refractivity contribution is 0.190. The Hall–Kier alpha value is -3.19. The van der Waals surface area contributed by atoms with E-state index >= 15 is 4.39 Å². The maximum absolute atomic E-state index is 15.5. The van der Waals surface area contributed by atoms with Crippen LogP contribution in [-0.2, 0) is 5.44 Å². The highest BCUT2D eigenvalue weighted by molar-refractivity contribution is 6.36. The molecular formula is C28H31BCl2FN7. The average molecular weight is 566 g/mol. The third-order valence-electron chi connectivity index (χ3n) is 7.36. The van der Waals surface area contributed by atoms with E-state index in [9.17, 15) is 5.26 Å². The zero-order valence-corrected chi connectivity index (χ0v) is 24.2. The van der Waals surface area contributed by atoms with E-state index in [1.54, 1.807) is 18.2 Å². The molecule has 1 aliphatic heterocycles. The van der Waals surface area contributed by atoms with Gasteiger partial charge in [-0.25, -0.2) is 4.39 Å². The second-order valence-corrected chi connectivity index (χ2v) is 12.7. The standard InChI is InChI=1S/C28H31BCl2FN7/c1-26(2,3)15-35-24-16(12-33)13-34-25-18(24)10-17(11-20(25)31)36-28(29,23-19(30)6-5-7-21(23)32)22-14-39(38-37-22)27(4)8-9-27/h5-7,10-11,13-14,36-38H,8-9,15,29H2,1-4H3,(H,34,35). The van der Waals surface area contributed by atoms with Gasteiger partial charge in [0.25, 0.3) is 0 Å². The molecule has 0 bridgehead atoms. The Balaban J connectivity index is 1.64. The topological polar surface area (TPSA) is 88.0 Å². The third kappa shape index (κ3) is 5.21. The molecule has 0 radical (unpaired) electrons. The number of aromatic nitrogens is 1. The molecule has 7 nitrogen and oxygen atoms in total. The fourth-order valence-electron chi connectivity index (χ4n) is 4.77. The van der Waals surface area contributed by atoms with Crippen molar-refractivity contribution in [1.82, 2.24) is 21.0 Å². The Bertz CT molecular complexity index is 1510. The van der Waals surface area contributed by atoms with E-state index in [1.807, 2.05) is 25.1 Å². The summed E-state index contributed by atoms with van der Waals surface area (Å²) in [6.45, 7) is 9.13. The molecule has 11 heteroatoms. The molecule has 4 N–H and O–H groups in total. The van der Waals surface area contributed by atoms with Crippen LogP contribution in [0.25, 0.3) is 10.9 Å². The second kappa shape index (κ2) is 9.78. The smallest absolute Gasteiger partial charge is 0.148 e. The highest BCUT2D eigenvalue weighted by Gasteiger charge is 2.47. The fraction of sp³-hybridized carbons (Fsp3) is 0.357. The number of hydrogen-bond donors (Lipinski definition) is 4. The van der Waals surface area contributed by atoms with Crippen LogP contribution >= 0.6 is 23.2 Å². The van der Waals surface area contributed by atoms with Gasteiger partial charge >= 0.3 is 0 Å². The van der Waals surface area contributed by atoms with Crippen molar-refractivity contribution in [1.29, 1.82) is 5.26 Å². The molecule has 5 rings (SSSR count). The van der Waals surface area contributed by atoms with Gasteiger partial charge in [0.2, 0.25) is 0 Å². The van der Waals surface area contributed by atoms with Gasteiger partial charge < -0.3 is 16.1 Å². The summed E-state index contributed by atoms with van der Waals surface area (Å²) >= 11 is 13.4. The van der Waals surface area contributed by atoms with Crippen LogP contribution in [0.3, 0.4) is 0 Å². The van der Waals surface area contributed by atoms with Crippen LogP contribution in [0.4, 0.5) is 15.8 Å². The molecule has 1 atom stereocenters. The van der Waals surface area contributed by atoms with Crippen molar-refractivity contribution in [3.8, 4) is 6.07 Å². The number of halogens is 3. The SMILES string of the molecule is BC(Nc1cc(Cl)c2ncc(C#N)c(NCC(C)(C)C)c2c1)(C1=CN(C2(C)CC2)NN1)c1c(F)cccc1Cl. The van der Waals surface area contributed by atoms with Crippen LogP contribution in [-0.4, -0.2) is 29.9 Å². The first-order chi connectivity index (χ1) is 18.3. The van der Waals surface area contributed by atoms with E-state index in [-0.39, 0.29) is 16.0 Å². The summed E-state index contributed by atoms with van der Waals surface area (Å²) in [5.41, 5.74) is 8.52. The lowest BCUT2D eigenvalue weighted by Crippen LogP contribution is -2.47. The Morgan fingerprint density at radius 3 is 2.62 bits per heavy atom. The molecule has 2 heterocycles. The molecule has 0 amide bonds. The first kappa shape index (κ1) is 27.4. The van der Waals surface area contributed by atoms with Gasteiger partial charge in [0.05, 0.1) is 38.5 Å². The largest absolute Gasteiger partial charge is 0.383 e. The molecule has 202 valence electrons. The van der Waals surface area contributed by atoms with Gasteiger partial charge in [-0.1, -0.05) is 50.0 Å². The highest BCUT2D eigenvalue weighted by atomic mass is 35.5. The molecule has 2 aliphatic rings. The fourth-order valence-corrected chi connectivity index (χ4v) is 5.39. The number of nitriles is 1.